The number of rotatable bonds is 8. The largest absolute Gasteiger partial charge is 0.507 e. The summed E-state index contributed by atoms with van der Waals surface area (Å²) in [7, 11) is 0. The van der Waals surface area contributed by atoms with E-state index in [2.05, 4.69) is 87.5 Å². The third kappa shape index (κ3) is 5.56. The molecular formula is C32H35NO. The van der Waals surface area contributed by atoms with E-state index in [-0.39, 0.29) is 6.04 Å². The first-order valence-electron chi connectivity index (χ1n) is 12.5. The van der Waals surface area contributed by atoms with Gasteiger partial charge in [-0.3, -0.25) is 4.99 Å². The van der Waals surface area contributed by atoms with E-state index in [0.29, 0.717) is 5.75 Å². The topological polar surface area (TPSA) is 32.6 Å². The van der Waals surface area contributed by atoms with Gasteiger partial charge in [0.05, 0.1) is 11.8 Å². The molecule has 2 heteroatoms. The Morgan fingerprint density at radius 1 is 0.912 bits per heavy atom. The maximum Gasteiger partial charge on any atom is 0.128 e. The maximum absolute atomic E-state index is 11.4. The van der Waals surface area contributed by atoms with Crippen molar-refractivity contribution in [2.24, 2.45) is 4.99 Å². The number of nitrogens with zero attached hydrogens (tertiary/aromatic N) is 1. The van der Waals surface area contributed by atoms with Crippen LogP contribution < -0.4 is 0 Å². The zero-order valence-corrected chi connectivity index (χ0v) is 20.6. The Bertz CT molecular complexity index is 1200. The number of phenolic OH excluding ortho intramolecular Hbond substituents is 1. The molecule has 2 nitrogen and oxygen atoms in total. The molecule has 0 spiro atoms. The third-order valence-corrected chi connectivity index (χ3v) is 6.65. The van der Waals surface area contributed by atoms with Crippen LogP contribution in [0.15, 0.2) is 95.5 Å². The number of aromatic hydroxyl groups is 1. The zero-order chi connectivity index (χ0) is 23.9. The summed E-state index contributed by atoms with van der Waals surface area (Å²) in [6, 6.07) is 23.3. The standard InChI is InChI=1S/C32H35NO/c1-4-26-21-22-28(20-19-25-17-15-23(2)16-18-25)30(32(26)34)31(29-13-9-6-10-14-29)33-24(3)27-11-7-5-8-12-27/h6-7,9-18,21-22,24,34H,4-5,8,19-20H2,1-3H3/t24-/m0/s1. The summed E-state index contributed by atoms with van der Waals surface area (Å²) in [6.45, 7) is 6.35. The van der Waals surface area contributed by atoms with Crippen LogP contribution in [0.2, 0.25) is 0 Å². The minimum Gasteiger partial charge on any atom is -0.507 e. The summed E-state index contributed by atoms with van der Waals surface area (Å²) in [5, 5.41) is 11.4. The van der Waals surface area contributed by atoms with Gasteiger partial charge in [0.2, 0.25) is 0 Å². The second kappa shape index (κ2) is 11.2. The second-order valence-electron chi connectivity index (χ2n) is 9.15. The van der Waals surface area contributed by atoms with Gasteiger partial charge in [-0.2, -0.15) is 0 Å². The third-order valence-electron chi connectivity index (χ3n) is 6.65. The van der Waals surface area contributed by atoms with E-state index in [1.165, 1.54) is 16.7 Å². The summed E-state index contributed by atoms with van der Waals surface area (Å²) in [5.41, 5.74) is 8.71. The molecule has 3 aromatic rings. The predicted octanol–water partition coefficient (Wildman–Crippen LogP) is 7.55. The van der Waals surface area contributed by atoms with Gasteiger partial charge in [0.15, 0.2) is 0 Å². The van der Waals surface area contributed by atoms with Gasteiger partial charge in [0.25, 0.3) is 0 Å². The van der Waals surface area contributed by atoms with Gasteiger partial charge < -0.3 is 5.11 Å². The Kier molecular flexibility index (Phi) is 7.80. The molecule has 0 unspecified atom stereocenters. The van der Waals surface area contributed by atoms with Gasteiger partial charge in [-0.15, -0.1) is 0 Å². The zero-order valence-electron chi connectivity index (χ0n) is 20.6. The van der Waals surface area contributed by atoms with Gasteiger partial charge >= 0.3 is 0 Å². The minimum atomic E-state index is 0.0152. The molecule has 1 N–H and O–H groups in total. The van der Waals surface area contributed by atoms with Gasteiger partial charge in [-0.05, 0) is 68.2 Å². The molecule has 0 aliphatic heterocycles. The number of benzene rings is 3. The van der Waals surface area contributed by atoms with Gasteiger partial charge in [-0.1, -0.05) is 97.4 Å². The fourth-order valence-electron chi connectivity index (χ4n) is 4.56. The maximum atomic E-state index is 11.4. The molecule has 1 aliphatic carbocycles. The SMILES string of the molecule is CCc1ccc(CCc2ccc(C)cc2)c(C(=N[C@@H](C)C2=CCCC=C2)c2ccccc2)c1O. The molecule has 0 bridgehead atoms. The molecule has 4 rings (SSSR count). The number of aryl methyl sites for hydroxylation is 4. The lowest BCUT2D eigenvalue weighted by Gasteiger charge is -2.20. The van der Waals surface area contributed by atoms with Crippen molar-refractivity contribution in [3.05, 3.63) is 124 Å². The van der Waals surface area contributed by atoms with Crippen LogP contribution >= 0.6 is 0 Å². The van der Waals surface area contributed by atoms with Crippen LogP contribution in [0.5, 0.6) is 5.75 Å². The van der Waals surface area contributed by atoms with Crippen LogP contribution in [0.4, 0.5) is 0 Å². The highest BCUT2D eigenvalue weighted by molar-refractivity contribution is 6.15. The average Bonchev–Trinajstić information content (AvgIpc) is 2.88. The monoisotopic (exact) mass is 449 g/mol. The molecule has 0 saturated carbocycles. The second-order valence-corrected chi connectivity index (χ2v) is 9.15. The Labute approximate surface area is 204 Å². The van der Waals surface area contributed by atoms with Crippen molar-refractivity contribution in [3.63, 3.8) is 0 Å². The summed E-state index contributed by atoms with van der Waals surface area (Å²) in [6.07, 6.45) is 11.4. The van der Waals surface area contributed by atoms with Crippen molar-refractivity contribution >= 4 is 5.71 Å². The first kappa shape index (κ1) is 23.8. The molecule has 0 aromatic heterocycles. The number of aliphatic imine (C=N–C) groups is 1. The Morgan fingerprint density at radius 2 is 1.65 bits per heavy atom. The molecular weight excluding hydrogens is 414 g/mol. The van der Waals surface area contributed by atoms with E-state index in [9.17, 15) is 5.11 Å². The molecule has 1 aliphatic rings. The summed E-state index contributed by atoms with van der Waals surface area (Å²) < 4.78 is 0. The van der Waals surface area contributed by atoms with Crippen molar-refractivity contribution in [3.8, 4) is 5.75 Å². The molecule has 174 valence electrons. The number of phenols is 1. The fraction of sp³-hybridized carbons (Fsp3) is 0.281. The molecule has 34 heavy (non-hydrogen) atoms. The lowest BCUT2D eigenvalue weighted by molar-refractivity contribution is 0.467. The summed E-state index contributed by atoms with van der Waals surface area (Å²) >= 11 is 0. The number of hydrogen-bond acceptors (Lipinski definition) is 2. The van der Waals surface area contributed by atoms with Gasteiger partial charge in [0, 0.05) is 11.1 Å². The highest BCUT2D eigenvalue weighted by Gasteiger charge is 2.20. The van der Waals surface area contributed by atoms with Crippen LogP contribution in [-0.4, -0.2) is 16.9 Å². The highest BCUT2D eigenvalue weighted by atomic mass is 16.3. The fourth-order valence-corrected chi connectivity index (χ4v) is 4.56. The average molecular weight is 450 g/mol. The molecule has 0 radical (unpaired) electrons. The van der Waals surface area contributed by atoms with E-state index >= 15 is 0 Å². The molecule has 1 atom stereocenters. The molecule has 0 amide bonds. The number of allylic oxidation sites excluding steroid dienone is 2. The highest BCUT2D eigenvalue weighted by Crippen LogP contribution is 2.31. The van der Waals surface area contributed by atoms with Crippen LogP contribution in [0.1, 0.15) is 60.1 Å². The van der Waals surface area contributed by atoms with E-state index in [1.54, 1.807) is 0 Å². The van der Waals surface area contributed by atoms with Crippen LogP contribution in [0.3, 0.4) is 0 Å². The summed E-state index contributed by atoms with van der Waals surface area (Å²) in [5.74, 6) is 0.367. The summed E-state index contributed by atoms with van der Waals surface area (Å²) in [4.78, 5) is 5.24. The van der Waals surface area contributed by atoms with Crippen LogP contribution in [-0.2, 0) is 19.3 Å². The van der Waals surface area contributed by atoms with Crippen molar-refractivity contribution in [2.45, 2.75) is 58.9 Å². The quantitative estimate of drug-likeness (QED) is 0.354. The van der Waals surface area contributed by atoms with Gasteiger partial charge in [0.1, 0.15) is 5.75 Å². The lowest BCUT2D eigenvalue weighted by Crippen LogP contribution is -2.14. The van der Waals surface area contributed by atoms with E-state index in [1.807, 2.05) is 18.2 Å². The number of hydrogen-bond donors (Lipinski definition) is 1. The van der Waals surface area contributed by atoms with Crippen molar-refractivity contribution in [1.29, 1.82) is 0 Å². The Balaban J connectivity index is 1.80. The van der Waals surface area contributed by atoms with Crippen LogP contribution in [0.25, 0.3) is 0 Å². The molecule has 0 fully saturated rings. The van der Waals surface area contributed by atoms with Crippen LogP contribution in [0, 0.1) is 6.92 Å². The Morgan fingerprint density at radius 3 is 2.32 bits per heavy atom. The van der Waals surface area contributed by atoms with Crippen molar-refractivity contribution in [1.82, 2.24) is 0 Å². The van der Waals surface area contributed by atoms with Gasteiger partial charge in [-0.25, -0.2) is 0 Å². The molecule has 3 aromatic carbocycles. The lowest BCUT2D eigenvalue weighted by atomic mass is 9.90. The normalized spacial score (nSPS) is 14.7. The van der Waals surface area contributed by atoms with Crippen molar-refractivity contribution in [2.75, 3.05) is 0 Å². The smallest absolute Gasteiger partial charge is 0.128 e. The first-order chi connectivity index (χ1) is 16.6. The van der Waals surface area contributed by atoms with E-state index in [4.69, 9.17) is 4.99 Å². The van der Waals surface area contributed by atoms with Crippen molar-refractivity contribution < 1.29 is 5.11 Å². The molecule has 0 heterocycles. The first-order valence-corrected chi connectivity index (χ1v) is 12.5. The van der Waals surface area contributed by atoms with E-state index < -0.39 is 0 Å². The Hall–Kier alpha value is -3.39. The predicted molar refractivity (Wildman–Crippen MR) is 144 cm³/mol. The minimum absolute atomic E-state index is 0.0152. The molecule has 0 saturated heterocycles. The van der Waals surface area contributed by atoms with E-state index in [0.717, 1.165) is 60.1 Å².